The standard InChI is InChI=1S/C24H28N4O6S/c1-3-21(29)28(24(31)34-2)23(25)27-20-15-18(35(32,33)17-11-5-4-6-12-17)13-14-19(20)26-22(30)16-9-7-8-10-16/h4-6,11-16H,3,7-10H2,1-2H3,(H2,25,27)(H,26,30). The number of ether oxygens (including phenoxy) is 1. The average Bonchev–Trinajstić information content (AvgIpc) is 3.40. The number of carbonyl (C=O) groups excluding carboxylic acids is 3. The predicted octanol–water partition coefficient (Wildman–Crippen LogP) is 3.60. The van der Waals surface area contributed by atoms with Crippen molar-refractivity contribution in [3.8, 4) is 0 Å². The van der Waals surface area contributed by atoms with Crippen LogP contribution in [-0.2, 0) is 24.2 Å². The lowest BCUT2D eigenvalue weighted by molar-refractivity contribution is -0.125. The first-order valence-electron chi connectivity index (χ1n) is 11.2. The number of aliphatic imine (C=N–C) groups is 1. The molecule has 1 fully saturated rings. The van der Waals surface area contributed by atoms with Gasteiger partial charge in [-0.05, 0) is 43.2 Å². The molecule has 3 rings (SSSR count). The second-order valence-corrected chi connectivity index (χ2v) is 9.94. The summed E-state index contributed by atoms with van der Waals surface area (Å²) >= 11 is 0. The summed E-state index contributed by atoms with van der Waals surface area (Å²) in [5.41, 5.74) is 6.16. The zero-order valence-electron chi connectivity index (χ0n) is 19.6. The van der Waals surface area contributed by atoms with E-state index in [-0.39, 0.29) is 39.4 Å². The van der Waals surface area contributed by atoms with Crippen molar-refractivity contribution in [3.63, 3.8) is 0 Å². The van der Waals surface area contributed by atoms with Crippen molar-refractivity contribution in [3.05, 3.63) is 48.5 Å². The molecule has 0 atom stereocenters. The summed E-state index contributed by atoms with van der Waals surface area (Å²) in [6.45, 7) is 1.53. The number of hydrogen-bond donors (Lipinski definition) is 2. The number of methoxy groups -OCH3 is 1. The van der Waals surface area contributed by atoms with E-state index in [1.54, 1.807) is 18.2 Å². The summed E-state index contributed by atoms with van der Waals surface area (Å²) < 4.78 is 30.9. The van der Waals surface area contributed by atoms with E-state index in [0.717, 1.165) is 32.8 Å². The van der Waals surface area contributed by atoms with E-state index >= 15 is 0 Å². The topological polar surface area (TPSA) is 148 Å². The van der Waals surface area contributed by atoms with Crippen molar-refractivity contribution >= 4 is 45.1 Å². The van der Waals surface area contributed by atoms with Crippen molar-refractivity contribution in [1.29, 1.82) is 0 Å². The molecule has 1 aliphatic rings. The van der Waals surface area contributed by atoms with Crippen LogP contribution in [0.2, 0.25) is 0 Å². The van der Waals surface area contributed by atoms with Gasteiger partial charge in [0.05, 0.1) is 28.3 Å². The molecule has 0 unspecified atom stereocenters. The minimum absolute atomic E-state index is 0.0244. The smallest absolute Gasteiger partial charge is 0.423 e. The van der Waals surface area contributed by atoms with E-state index in [1.807, 2.05) is 0 Å². The lowest BCUT2D eigenvalue weighted by Crippen LogP contribution is -2.45. The molecule has 2 aromatic carbocycles. The Morgan fingerprint density at radius 1 is 1.09 bits per heavy atom. The van der Waals surface area contributed by atoms with Crippen molar-refractivity contribution in [1.82, 2.24) is 4.90 Å². The molecule has 10 nitrogen and oxygen atoms in total. The predicted molar refractivity (Wildman–Crippen MR) is 130 cm³/mol. The number of nitrogens with two attached hydrogens (primary N) is 1. The van der Waals surface area contributed by atoms with Crippen LogP contribution in [0.5, 0.6) is 0 Å². The molecule has 1 aliphatic carbocycles. The number of benzene rings is 2. The van der Waals surface area contributed by atoms with E-state index < -0.39 is 27.8 Å². The summed E-state index contributed by atoms with van der Waals surface area (Å²) in [6, 6.07) is 11.8. The van der Waals surface area contributed by atoms with Gasteiger partial charge >= 0.3 is 6.09 Å². The maximum atomic E-state index is 13.2. The molecule has 0 radical (unpaired) electrons. The Kier molecular flexibility index (Phi) is 8.23. The quantitative estimate of drug-likeness (QED) is 0.455. The Bertz CT molecular complexity index is 1220. The highest BCUT2D eigenvalue weighted by molar-refractivity contribution is 7.91. The number of anilines is 1. The van der Waals surface area contributed by atoms with Gasteiger partial charge in [0.1, 0.15) is 0 Å². The maximum absolute atomic E-state index is 13.2. The van der Waals surface area contributed by atoms with Gasteiger partial charge in [0.25, 0.3) is 0 Å². The summed E-state index contributed by atoms with van der Waals surface area (Å²) in [4.78, 5) is 41.9. The van der Waals surface area contributed by atoms with E-state index in [4.69, 9.17) is 5.73 Å². The summed E-state index contributed by atoms with van der Waals surface area (Å²) in [5.74, 6) is -1.56. The molecule has 0 aromatic heterocycles. The first kappa shape index (κ1) is 25.9. The van der Waals surface area contributed by atoms with Gasteiger partial charge < -0.3 is 15.8 Å². The van der Waals surface area contributed by atoms with Crippen LogP contribution in [-0.4, -0.2) is 44.3 Å². The van der Waals surface area contributed by atoms with E-state index in [0.29, 0.717) is 4.90 Å². The number of rotatable bonds is 6. The lowest BCUT2D eigenvalue weighted by atomic mass is 10.1. The van der Waals surface area contributed by atoms with Crippen molar-refractivity contribution in [2.45, 2.75) is 48.8 Å². The molecule has 11 heteroatoms. The van der Waals surface area contributed by atoms with Gasteiger partial charge in [0.2, 0.25) is 27.6 Å². The molecule has 2 aromatic rings. The third kappa shape index (κ3) is 5.86. The molecule has 0 bridgehead atoms. The maximum Gasteiger partial charge on any atom is 0.423 e. The van der Waals surface area contributed by atoms with Crippen LogP contribution < -0.4 is 11.1 Å². The van der Waals surface area contributed by atoms with E-state index in [2.05, 4.69) is 15.0 Å². The number of hydrogen-bond acceptors (Lipinski definition) is 7. The summed E-state index contributed by atoms with van der Waals surface area (Å²) in [7, 11) is -2.83. The number of nitrogens with one attached hydrogen (secondary N) is 1. The van der Waals surface area contributed by atoms with Crippen LogP contribution in [0.25, 0.3) is 0 Å². The van der Waals surface area contributed by atoms with E-state index in [1.165, 1.54) is 37.3 Å². The van der Waals surface area contributed by atoms with Crippen molar-refractivity contribution < 1.29 is 27.5 Å². The molecule has 0 spiro atoms. The molecular weight excluding hydrogens is 472 g/mol. The average molecular weight is 501 g/mol. The van der Waals surface area contributed by atoms with Crippen molar-refractivity contribution in [2.75, 3.05) is 12.4 Å². The Labute approximate surface area is 204 Å². The highest BCUT2D eigenvalue weighted by Crippen LogP contribution is 2.33. The number of amides is 3. The largest absolute Gasteiger partial charge is 0.452 e. The Morgan fingerprint density at radius 2 is 1.74 bits per heavy atom. The van der Waals surface area contributed by atoms with Crippen molar-refractivity contribution in [2.24, 2.45) is 16.6 Å². The zero-order chi connectivity index (χ0) is 25.6. The van der Waals surface area contributed by atoms with Crippen LogP contribution in [0.3, 0.4) is 0 Å². The number of guanidine groups is 1. The molecule has 0 heterocycles. The SMILES string of the molecule is CCC(=O)N(C(=O)OC)C(N)=Nc1cc(S(=O)(=O)c2ccccc2)ccc1NC(=O)C1CCCC1. The molecular formula is C24H28N4O6S. The van der Waals surface area contributed by atoms with Gasteiger partial charge in [-0.1, -0.05) is 38.0 Å². The van der Waals surface area contributed by atoms with Crippen LogP contribution in [0.15, 0.2) is 63.3 Å². The van der Waals surface area contributed by atoms with Gasteiger partial charge in [0, 0.05) is 12.3 Å². The Hall–Kier alpha value is -3.73. The molecule has 3 N–H and O–H groups in total. The van der Waals surface area contributed by atoms with Gasteiger partial charge in [-0.15, -0.1) is 0 Å². The fourth-order valence-electron chi connectivity index (χ4n) is 3.78. The van der Waals surface area contributed by atoms with Crippen LogP contribution >= 0.6 is 0 Å². The van der Waals surface area contributed by atoms with Crippen LogP contribution in [0.4, 0.5) is 16.2 Å². The zero-order valence-corrected chi connectivity index (χ0v) is 20.4. The third-order valence-corrected chi connectivity index (χ3v) is 7.46. The third-order valence-electron chi connectivity index (χ3n) is 5.69. The minimum atomic E-state index is -3.92. The number of imide groups is 1. The lowest BCUT2D eigenvalue weighted by Gasteiger charge is -2.18. The normalized spacial score (nSPS) is 14.4. The molecule has 0 aliphatic heterocycles. The Morgan fingerprint density at radius 3 is 2.34 bits per heavy atom. The highest BCUT2D eigenvalue weighted by atomic mass is 32.2. The van der Waals surface area contributed by atoms with Gasteiger partial charge in [-0.25, -0.2) is 18.2 Å². The second-order valence-electron chi connectivity index (χ2n) is 7.99. The Balaban J connectivity index is 2.09. The number of nitrogens with zero attached hydrogens (tertiary/aromatic N) is 2. The molecule has 1 saturated carbocycles. The fourth-order valence-corrected chi connectivity index (χ4v) is 5.08. The summed E-state index contributed by atoms with van der Waals surface area (Å²) in [5, 5.41) is 2.79. The van der Waals surface area contributed by atoms with Gasteiger partial charge in [0.15, 0.2) is 0 Å². The molecule has 3 amide bonds. The first-order valence-corrected chi connectivity index (χ1v) is 12.7. The van der Waals surface area contributed by atoms with Crippen LogP contribution in [0, 0.1) is 5.92 Å². The van der Waals surface area contributed by atoms with Crippen LogP contribution in [0.1, 0.15) is 39.0 Å². The van der Waals surface area contributed by atoms with E-state index in [9.17, 15) is 22.8 Å². The number of sulfone groups is 1. The first-order chi connectivity index (χ1) is 16.7. The van der Waals surface area contributed by atoms with Gasteiger partial charge in [-0.3, -0.25) is 9.59 Å². The highest BCUT2D eigenvalue weighted by Gasteiger charge is 2.27. The summed E-state index contributed by atoms with van der Waals surface area (Å²) in [6.07, 6.45) is 2.33. The monoisotopic (exact) mass is 500 g/mol. The second kappa shape index (κ2) is 11.1. The fraction of sp³-hybridized carbons (Fsp3) is 0.333. The molecule has 186 valence electrons. The molecule has 0 saturated heterocycles. The minimum Gasteiger partial charge on any atom is -0.452 e. The van der Waals surface area contributed by atoms with Gasteiger partial charge in [-0.2, -0.15) is 4.90 Å². The number of carbonyl (C=O) groups is 3. The molecule has 35 heavy (non-hydrogen) atoms.